The molecular weight excluding hydrogens is 330 g/mol. The number of carbonyl (C=O) groups is 1. The zero-order valence-electron chi connectivity index (χ0n) is 14.5. The van der Waals surface area contributed by atoms with Crippen molar-refractivity contribution in [3.05, 3.63) is 82.5 Å². The van der Waals surface area contributed by atoms with Gasteiger partial charge in [0, 0.05) is 18.6 Å². The van der Waals surface area contributed by atoms with Crippen LogP contribution in [0.1, 0.15) is 28.9 Å². The summed E-state index contributed by atoms with van der Waals surface area (Å²) in [6, 6.07) is 12.4. The first-order valence-electron chi connectivity index (χ1n) is 8.16. The molecule has 0 spiro atoms. The Morgan fingerprint density at radius 2 is 1.81 bits per heavy atom. The van der Waals surface area contributed by atoms with Crippen molar-refractivity contribution in [3.63, 3.8) is 0 Å². The Morgan fingerprint density at radius 1 is 1.12 bits per heavy atom. The van der Waals surface area contributed by atoms with Gasteiger partial charge < -0.3 is 15.0 Å². The highest BCUT2D eigenvalue weighted by Gasteiger charge is 2.15. The Kier molecular flexibility index (Phi) is 5.12. The number of carbonyl (C=O) groups excluding carboxylic acids is 1. The number of methoxy groups -OCH3 is 1. The Morgan fingerprint density at radius 3 is 2.46 bits per heavy atom. The van der Waals surface area contributed by atoms with Crippen molar-refractivity contribution in [3.8, 4) is 16.9 Å². The van der Waals surface area contributed by atoms with Gasteiger partial charge in [-0.3, -0.25) is 14.6 Å². The molecule has 2 N–H and O–H groups in total. The van der Waals surface area contributed by atoms with Crippen LogP contribution in [-0.2, 0) is 0 Å². The molecule has 2 aromatic heterocycles. The maximum absolute atomic E-state index is 12.6. The number of aromatic amines is 1. The number of hydrogen-bond donors (Lipinski definition) is 2. The lowest BCUT2D eigenvalue weighted by Gasteiger charge is -2.15. The summed E-state index contributed by atoms with van der Waals surface area (Å²) in [6.45, 7) is 1.86. The zero-order valence-corrected chi connectivity index (χ0v) is 14.5. The molecule has 0 bridgehead atoms. The van der Waals surface area contributed by atoms with Crippen LogP contribution in [0.3, 0.4) is 0 Å². The lowest BCUT2D eigenvalue weighted by atomic mass is 10.1. The molecule has 3 rings (SSSR count). The highest BCUT2D eigenvalue weighted by molar-refractivity contribution is 5.95. The molecule has 26 heavy (non-hydrogen) atoms. The standard InChI is InChI=1S/C20H19N3O3/c1-13(14-3-5-17(26-2)6-4-14)23-20(25)18-11-16(12-22-19(18)24)15-7-9-21-10-8-15/h3-13H,1-2H3,(H,22,24)(H,23,25)/t13-/m1/s1. The van der Waals surface area contributed by atoms with E-state index >= 15 is 0 Å². The van der Waals surface area contributed by atoms with E-state index in [1.54, 1.807) is 31.8 Å². The summed E-state index contributed by atoms with van der Waals surface area (Å²) in [6.07, 6.45) is 4.90. The molecule has 0 unspecified atom stereocenters. The molecule has 0 radical (unpaired) electrons. The number of nitrogens with one attached hydrogen (secondary N) is 2. The first kappa shape index (κ1) is 17.4. The zero-order chi connectivity index (χ0) is 18.5. The highest BCUT2D eigenvalue weighted by atomic mass is 16.5. The molecule has 2 heterocycles. The Balaban J connectivity index is 1.81. The molecule has 0 saturated carbocycles. The molecule has 0 saturated heterocycles. The van der Waals surface area contributed by atoms with Crippen molar-refractivity contribution in [2.75, 3.05) is 7.11 Å². The Bertz CT molecular complexity index is 950. The van der Waals surface area contributed by atoms with Crippen LogP contribution in [0.25, 0.3) is 11.1 Å². The first-order chi connectivity index (χ1) is 12.6. The second kappa shape index (κ2) is 7.65. The van der Waals surface area contributed by atoms with Gasteiger partial charge in [-0.15, -0.1) is 0 Å². The molecule has 0 fully saturated rings. The average molecular weight is 349 g/mol. The van der Waals surface area contributed by atoms with Gasteiger partial charge >= 0.3 is 0 Å². The van der Waals surface area contributed by atoms with E-state index < -0.39 is 11.5 Å². The molecule has 1 amide bonds. The molecule has 132 valence electrons. The van der Waals surface area contributed by atoms with E-state index in [2.05, 4.69) is 15.3 Å². The van der Waals surface area contributed by atoms with Gasteiger partial charge in [0.2, 0.25) is 0 Å². The van der Waals surface area contributed by atoms with Gasteiger partial charge in [0.25, 0.3) is 11.5 Å². The number of benzene rings is 1. The van der Waals surface area contributed by atoms with Crippen LogP contribution in [0, 0.1) is 0 Å². The van der Waals surface area contributed by atoms with E-state index in [0.29, 0.717) is 0 Å². The Hall–Kier alpha value is -3.41. The van der Waals surface area contributed by atoms with Crippen LogP contribution in [-0.4, -0.2) is 23.0 Å². The average Bonchev–Trinajstić information content (AvgIpc) is 2.69. The predicted octanol–water partition coefficient (Wildman–Crippen LogP) is 2.94. The summed E-state index contributed by atoms with van der Waals surface area (Å²) in [7, 11) is 1.60. The third-order valence-corrected chi connectivity index (χ3v) is 4.12. The van der Waals surface area contributed by atoms with E-state index in [4.69, 9.17) is 4.74 Å². The minimum absolute atomic E-state index is 0.0691. The van der Waals surface area contributed by atoms with E-state index in [0.717, 1.165) is 22.4 Å². The number of rotatable bonds is 5. The second-order valence-corrected chi connectivity index (χ2v) is 5.84. The molecule has 1 atom stereocenters. The number of aromatic nitrogens is 2. The smallest absolute Gasteiger partial charge is 0.260 e. The number of pyridine rings is 2. The van der Waals surface area contributed by atoms with Gasteiger partial charge in [0.1, 0.15) is 11.3 Å². The normalized spacial score (nSPS) is 11.6. The third kappa shape index (κ3) is 3.80. The number of amides is 1. The topological polar surface area (TPSA) is 84.1 Å². The van der Waals surface area contributed by atoms with Crippen molar-refractivity contribution < 1.29 is 9.53 Å². The van der Waals surface area contributed by atoms with Gasteiger partial charge in [-0.2, -0.15) is 0 Å². The van der Waals surface area contributed by atoms with Crippen LogP contribution >= 0.6 is 0 Å². The van der Waals surface area contributed by atoms with Gasteiger partial charge in [0.05, 0.1) is 13.2 Å². The minimum Gasteiger partial charge on any atom is -0.497 e. The molecule has 6 heteroatoms. The quantitative estimate of drug-likeness (QED) is 0.742. The van der Waals surface area contributed by atoms with Crippen molar-refractivity contribution in [2.45, 2.75) is 13.0 Å². The van der Waals surface area contributed by atoms with E-state index in [1.165, 1.54) is 0 Å². The van der Waals surface area contributed by atoms with Crippen LogP contribution < -0.4 is 15.6 Å². The summed E-state index contributed by atoms with van der Waals surface area (Å²) >= 11 is 0. The maximum atomic E-state index is 12.6. The fourth-order valence-electron chi connectivity index (χ4n) is 2.61. The van der Waals surface area contributed by atoms with Crippen LogP contribution in [0.2, 0.25) is 0 Å². The molecule has 6 nitrogen and oxygen atoms in total. The van der Waals surface area contributed by atoms with Crippen LogP contribution in [0.4, 0.5) is 0 Å². The molecule has 3 aromatic rings. The van der Waals surface area contributed by atoms with Crippen molar-refractivity contribution in [1.82, 2.24) is 15.3 Å². The molecular formula is C20H19N3O3. The summed E-state index contributed by atoms with van der Waals surface area (Å²) in [5.41, 5.74) is 2.17. The SMILES string of the molecule is COc1ccc([C@@H](C)NC(=O)c2cc(-c3ccncc3)c[nH]c2=O)cc1. The molecule has 0 aliphatic carbocycles. The number of nitrogens with zero attached hydrogens (tertiary/aromatic N) is 1. The van der Waals surface area contributed by atoms with Crippen molar-refractivity contribution >= 4 is 5.91 Å². The lowest BCUT2D eigenvalue weighted by Crippen LogP contribution is -2.31. The van der Waals surface area contributed by atoms with Crippen LogP contribution in [0.5, 0.6) is 5.75 Å². The first-order valence-corrected chi connectivity index (χ1v) is 8.16. The van der Waals surface area contributed by atoms with E-state index in [9.17, 15) is 9.59 Å². The number of ether oxygens (including phenoxy) is 1. The summed E-state index contributed by atoms with van der Waals surface area (Å²) < 4.78 is 5.13. The van der Waals surface area contributed by atoms with Gasteiger partial charge in [-0.25, -0.2) is 0 Å². The minimum atomic E-state index is -0.428. The summed E-state index contributed by atoms with van der Waals surface area (Å²) in [4.78, 5) is 31.3. The van der Waals surface area contributed by atoms with Crippen molar-refractivity contribution in [1.29, 1.82) is 0 Å². The number of hydrogen-bond acceptors (Lipinski definition) is 4. The van der Waals surface area contributed by atoms with E-state index in [-0.39, 0.29) is 11.6 Å². The maximum Gasteiger partial charge on any atom is 0.260 e. The van der Waals surface area contributed by atoms with Crippen LogP contribution in [0.15, 0.2) is 65.8 Å². The molecule has 1 aromatic carbocycles. The molecule has 0 aliphatic heterocycles. The fraction of sp³-hybridized carbons (Fsp3) is 0.150. The van der Waals surface area contributed by atoms with Gasteiger partial charge in [-0.05, 0) is 53.9 Å². The second-order valence-electron chi connectivity index (χ2n) is 5.84. The van der Waals surface area contributed by atoms with Gasteiger partial charge in [0.15, 0.2) is 0 Å². The summed E-state index contributed by atoms with van der Waals surface area (Å²) in [5, 5.41) is 2.86. The monoisotopic (exact) mass is 349 g/mol. The number of H-pyrrole nitrogens is 1. The Labute approximate surface area is 150 Å². The van der Waals surface area contributed by atoms with Gasteiger partial charge in [-0.1, -0.05) is 12.1 Å². The lowest BCUT2D eigenvalue weighted by molar-refractivity contribution is 0.0938. The summed E-state index contributed by atoms with van der Waals surface area (Å²) in [5.74, 6) is 0.319. The largest absolute Gasteiger partial charge is 0.497 e. The predicted molar refractivity (Wildman–Crippen MR) is 99.2 cm³/mol. The van der Waals surface area contributed by atoms with E-state index in [1.807, 2.05) is 43.3 Å². The van der Waals surface area contributed by atoms with Crippen molar-refractivity contribution in [2.24, 2.45) is 0 Å². The fourth-order valence-corrected chi connectivity index (χ4v) is 2.61. The third-order valence-electron chi connectivity index (χ3n) is 4.12. The highest BCUT2D eigenvalue weighted by Crippen LogP contribution is 2.19. The molecule has 0 aliphatic rings.